The molecule has 0 saturated heterocycles. The molecule has 10 aromatic rings. The number of hydrogen-bond acceptors (Lipinski definition) is 6. The molecule has 0 spiro atoms. The number of rotatable bonds is 12. The molecule has 0 saturated carbocycles. The number of hydrogen-bond donors (Lipinski definition) is 1. The topological polar surface area (TPSA) is 63.1 Å². The van der Waals surface area contributed by atoms with Crippen molar-refractivity contribution in [3.8, 4) is 22.5 Å². The zero-order valence-electron chi connectivity index (χ0n) is 60.1. The predicted molar refractivity (Wildman–Crippen MR) is 381 cm³/mol. The number of carbonyl (C=O) groups excluding carboxylic acids is 1. The van der Waals surface area contributed by atoms with Crippen molar-refractivity contribution in [2.24, 2.45) is 33.0 Å². The summed E-state index contributed by atoms with van der Waals surface area (Å²) in [5.41, 5.74) is 10.3. The Morgan fingerprint density at radius 2 is 0.966 bits per heavy atom. The van der Waals surface area contributed by atoms with Crippen molar-refractivity contribution in [2.75, 3.05) is 0 Å². The maximum absolute atomic E-state index is 12.0. The quantitative estimate of drug-likeness (QED) is 0.0569. The van der Waals surface area contributed by atoms with Crippen molar-refractivity contribution in [2.45, 2.75) is 202 Å². The first kappa shape index (κ1) is 62.0. The van der Waals surface area contributed by atoms with Gasteiger partial charge in [0.2, 0.25) is 0 Å². The molecular formula is C82H94IrN2O2S2-2. The van der Waals surface area contributed by atoms with Crippen molar-refractivity contribution >= 4 is 93.9 Å². The molecule has 0 bridgehead atoms. The molecule has 1 radical (unpaired) electrons. The minimum Gasteiger partial charge on any atom is -0.512 e. The van der Waals surface area contributed by atoms with E-state index in [0.717, 1.165) is 133 Å². The van der Waals surface area contributed by atoms with Crippen molar-refractivity contribution in [3.05, 3.63) is 167 Å². The number of allylic oxidation sites excluding steroid dienone is 2. The summed E-state index contributed by atoms with van der Waals surface area (Å²) in [7, 11) is 0. The second kappa shape index (κ2) is 26.4. The number of ketones is 1. The zero-order valence-corrected chi connectivity index (χ0v) is 60.1. The third kappa shape index (κ3) is 14.2. The smallest absolute Gasteiger partial charge is 0.162 e. The molecule has 7 heteroatoms. The number of aliphatic hydroxyl groups excluding tert-OH is 1. The molecule has 8 aromatic carbocycles. The van der Waals surface area contributed by atoms with Crippen LogP contribution in [-0.4, -0.2) is 20.9 Å². The van der Waals surface area contributed by atoms with Gasteiger partial charge in [0.1, 0.15) is 5.76 Å². The van der Waals surface area contributed by atoms with Gasteiger partial charge in [-0.3, -0.25) is 14.8 Å². The predicted octanol–water partition coefficient (Wildman–Crippen LogP) is 24.3. The Labute approximate surface area is 560 Å². The number of pyridine rings is 2. The molecule has 4 nitrogen and oxygen atoms in total. The summed E-state index contributed by atoms with van der Waals surface area (Å²) < 4.78 is 35.3. The molecule has 2 aromatic heterocycles. The van der Waals surface area contributed by atoms with E-state index in [1.54, 1.807) is 23.5 Å². The third-order valence-corrected chi connectivity index (χ3v) is 20.3. The van der Waals surface area contributed by atoms with E-state index in [0.29, 0.717) is 0 Å². The normalized spacial score (nSPS) is 13.9. The minimum atomic E-state index is -0.207. The molecule has 2 aliphatic rings. The summed E-state index contributed by atoms with van der Waals surface area (Å²) in [4.78, 5) is 26.1. The van der Waals surface area contributed by atoms with E-state index < -0.39 is 0 Å². The molecule has 0 fully saturated rings. The van der Waals surface area contributed by atoms with Crippen LogP contribution in [0.5, 0.6) is 0 Å². The molecular weight excluding hydrogens is 1300 g/mol. The van der Waals surface area contributed by atoms with Crippen molar-refractivity contribution < 1.29 is 35.5 Å². The molecule has 89 heavy (non-hydrogen) atoms. The van der Waals surface area contributed by atoms with Crippen LogP contribution in [0, 0.1) is 52.0 Å². The summed E-state index contributed by atoms with van der Waals surface area (Å²) in [5.74, 6) is 0.412. The van der Waals surface area contributed by atoms with Gasteiger partial charge in [-0.1, -0.05) is 223 Å². The van der Waals surface area contributed by atoms with E-state index in [4.69, 9.17) is 15.5 Å². The number of carbonyl (C=O) groups is 1. The Balaban J connectivity index is 0.000000176. The van der Waals surface area contributed by atoms with Gasteiger partial charge in [0.15, 0.2) is 5.78 Å². The maximum Gasteiger partial charge on any atom is 0.162 e. The average Bonchev–Trinajstić information content (AvgIpc) is 0.717. The van der Waals surface area contributed by atoms with E-state index in [2.05, 4.69) is 214 Å². The summed E-state index contributed by atoms with van der Waals surface area (Å²) in [5, 5.41) is 23.0. The monoisotopic (exact) mass is 1400 g/mol. The van der Waals surface area contributed by atoms with Crippen LogP contribution in [0.4, 0.5) is 0 Å². The first-order valence-electron chi connectivity index (χ1n) is 34.2. The standard InChI is InChI=1S/C34H34NS.C33H32NS.C15H28O2.Ir/c1-20-11-12-23-22(15-20)16-27-31-30-25(13-14-35-31)24-10-8-9-21(18-33(2,3)4)26(24)17-29(30)36-32(27)28(23)19-34(5,6)7;1-32(2,3)18-21-11-9-13-23-24-14-15-34-30-26-16-20-10-7-8-12-22(20)27(19-33(4,5)6)31(26)35-28(29(24)30)17-25(21)23;1-6-12(7-2)13(16)11-14(17)15(8-3,9-4)10-5;/h8-15,17H,18-19H2,1-7H3;7-15,17H,18-19H2,1-6H3;11-12,17H,6-10H2,1-5H3;/q2*-1;;/b;;14-11-;/i13D,14D;14D,15D;;. The van der Waals surface area contributed by atoms with Crippen molar-refractivity contribution in [1.29, 1.82) is 0 Å². The van der Waals surface area contributed by atoms with Gasteiger partial charge in [-0.15, -0.1) is 58.6 Å². The number of fused-ring (bicyclic) bond motifs is 10. The van der Waals surface area contributed by atoms with E-state index in [9.17, 15) is 9.90 Å². The number of aryl methyl sites for hydroxylation is 1. The van der Waals surface area contributed by atoms with Crippen molar-refractivity contribution in [3.63, 3.8) is 0 Å². The first-order chi connectivity index (χ1) is 43.2. The fraction of sp³-hybridized carbons (Fsp3) is 0.402. The van der Waals surface area contributed by atoms with Crippen LogP contribution in [0.15, 0.2) is 147 Å². The summed E-state index contributed by atoms with van der Waals surface area (Å²) in [6.45, 7) is 39.7. The summed E-state index contributed by atoms with van der Waals surface area (Å²) in [6.07, 6.45) is 9.60. The van der Waals surface area contributed by atoms with Gasteiger partial charge in [0, 0.05) is 71.0 Å². The number of aliphatic hydroxyl groups is 1. The van der Waals surface area contributed by atoms with Gasteiger partial charge in [-0.2, -0.15) is 0 Å². The molecule has 0 atom stereocenters. The Kier molecular flexibility index (Phi) is 18.4. The molecule has 2 aliphatic heterocycles. The zero-order chi connectivity index (χ0) is 66.9. The van der Waals surface area contributed by atoms with Crippen LogP contribution in [0.1, 0.15) is 183 Å². The first-order valence-corrected chi connectivity index (χ1v) is 33.8. The van der Waals surface area contributed by atoms with Crippen LogP contribution in [0.3, 0.4) is 0 Å². The Bertz CT molecular complexity index is 4580. The minimum absolute atomic E-state index is 0. The Morgan fingerprint density at radius 1 is 0.539 bits per heavy atom. The van der Waals surface area contributed by atoms with Crippen LogP contribution < -0.4 is 0 Å². The fourth-order valence-electron chi connectivity index (χ4n) is 13.4. The van der Waals surface area contributed by atoms with Gasteiger partial charge in [0.25, 0.3) is 0 Å². The fourth-order valence-corrected chi connectivity index (χ4v) is 15.9. The molecule has 12 rings (SSSR count). The van der Waals surface area contributed by atoms with E-state index in [1.807, 2.05) is 13.8 Å². The van der Waals surface area contributed by atoms with E-state index >= 15 is 0 Å². The number of benzene rings is 8. The van der Waals surface area contributed by atoms with Gasteiger partial charge >= 0.3 is 0 Å². The van der Waals surface area contributed by atoms with Crippen molar-refractivity contribution in [1.82, 2.24) is 9.97 Å². The average molecular weight is 1400 g/mol. The van der Waals surface area contributed by atoms with Gasteiger partial charge < -0.3 is 5.11 Å². The maximum atomic E-state index is 12.0. The Hall–Kier alpha value is -5.82. The molecule has 0 aliphatic carbocycles. The van der Waals surface area contributed by atoms with Crippen LogP contribution in [0.25, 0.3) is 87.1 Å². The van der Waals surface area contributed by atoms with Crippen LogP contribution >= 0.6 is 23.5 Å². The number of nitrogens with zero attached hydrogens (tertiary/aromatic N) is 2. The number of aromatic nitrogens is 2. The SMILES string of the molecule is CCC(CC)C(=O)/C=C(\O)C(CC)(CC)CC.[2H]c1nc2c3c(cc4c(CC(C)(C)C)cccc4c3c1[2H])Sc1c-2[c-]c2cc(C)ccc2c1CC(C)(C)C.[2H]c1nc2c3c(cc4c(CC(C)(C)C)cccc4c3c1[2H])Sc1c-2[c-]c2ccccc2c1CC(C)(C)C.[Ir]. The van der Waals surface area contributed by atoms with E-state index in [-0.39, 0.29) is 89.1 Å². The molecule has 0 unspecified atom stereocenters. The molecule has 4 heterocycles. The molecule has 0 amide bonds. The van der Waals surface area contributed by atoms with Gasteiger partial charge in [0.05, 0.1) is 5.48 Å². The second-order valence-electron chi connectivity index (χ2n) is 29.8. The van der Waals surface area contributed by atoms with Gasteiger partial charge in [-0.05, 0) is 175 Å². The molecule has 467 valence electrons. The third-order valence-electron chi connectivity index (χ3n) is 17.9. The van der Waals surface area contributed by atoms with Gasteiger partial charge in [-0.25, -0.2) is 0 Å². The Morgan fingerprint density at radius 3 is 1.40 bits per heavy atom. The largest absolute Gasteiger partial charge is 0.512 e. The molecule has 1 N–H and O–H groups in total. The van der Waals surface area contributed by atoms with Crippen LogP contribution in [0.2, 0.25) is 0 Å². The summed E-state index contributed by atoms with van der Waals surface area (Å²) in [6, 6.07) is 40.4. The van der Waals surface area contributed by atoms with E-state index in [1.165, 1.54) is 65.2 Å². The second-order valence-corrected chi connectivity index (χ2v) is 31.9. The van der Waals surface area contributed by atoms with Crippen LogP contribution in [-0.2, 0) is 50.6 Å². The summed E-state index contributed by atoms with van der Waals surface area (Å²) >= 11 is 3.60.